The van der Waals surface area contributed by atoms with Gasteiger partial charge >= 0.3 is 0 Å². The maximum atomic E-state index is 10.6. The summed E-state index contributed by atoms with van der Waals surface area (Å²) in [5.41, 5.74) is 0. The number of rotatable bonds is 2. The summed E-state index contributed by atoms with van der Waals surface area (Å²) in [5.74, 6) is 0.504. The molecule has 2 rings (SSSR count). The van der Waals surface area contributed by atoms with E-state index >= 15 is 0 Å². The van der Waals surface area contributed by atoms with Crippen LogP contribution in [0.1, 0.15) is 0 Å². The van der Waals surface area contributed by atoms with E-state index in [1.54, 1.807) is 24.5 Å². The molecule has 0 aliphatic heterocycles. The number of hydrogen-bond donors (Lipinski definition) is 1. The molecule has 1 atom stereocenters. The van der Waals surface area contributed by atoms with Crippen molar-refractivity contribution in [2.24, 2.45) is 0 Å². The van der Waals surface area contributed by atoms with Crippen LogP contribution in [0.25, 0.3) is 5.82 Å². The smallest absolute Gasteiger partial charge is 0.207 e. The molecule has 0 aromatic carbocycles. The fourth-order valence-electron chi connectivity index (χ4n) is 0.933. The predicted molar refractivity (Wildman–Crippen MR) is 48.2 cm³/mol. The second kappa shape index (κ2) is 3.64. The van der Waals surface area contributed by atoms with E-state index in [4.69, 9.17) is 4.55 Å². The first kappa shape index (κ1) is 8.97. The molecule has 7 heteroatoms. The molecule has 1 N–H and O–H groups in total. The van der Waals surface area contributed by atoms with Gasteiger partial charge in [0.05, 0.1) is 0 Å². The van der Waals surface area contributed by atoms with Crippen LogP contribution in [-0.2, 0) is 11.1 Å². The maximum Gasteiger partial charge on any atom is 0.207 e. The Hall–Kier alpha value is -1.60. The largest absolute Gasteiger partial charge is 0.301 e. The second-order valence-electron chi connectivity index (χ2n) is 2.43. The highest BCUT2D eigenvalue weighted by Gasteiger charge is 2.03. The third kappa shape index (κ3) is 1.68. The Bertz CT molecular complexity index is 439. The summed E-state index contributed by atoms with van der Waals surface area (Å²) in [7, 11) is 0. The number of nitrogens with zero attached hydrogens (tertiary/aromatic N) is 4. The molecule has 1 unspecified atom stereocenters. The van der Waals surface area contributed by atoms with Crippen molar-refractivity contribution in [3.05, 3.63) is 30.6 Å². The van der Waals surface area contributed by atoms with Crippen LogP contribution < -0.4 is 0 Å². The maximum absolute atomic E-state index is 10.6. The molecule has 2 heterocycles. The first-order chi connectivity index (χ1) is 6.77. The molecule has 14 heavy (non-hydrogen) atoms. The van der Waals surface area contributed by atoms with Crippen molar-refractivity contribution >= 4 is 11.1 Å². The topological polar surface area (TPSA) is 80.9 Å². The number of hydrogen-bond acceptors (Lipinski definition) is 4. The Labute approximate surface area is 81.9 Å². The monoisotopic (exact) mass is 210 g/mol. The Balaban J connectivity index is 2.36. The van der Waals surface area contributed by atoms with Crippen molar-refractivity contribution in [1.29, 1.82) is 0 Å². The zero-order valence-electron chi connectivity index (χ0n) is 6.94. The highest BCUT2D eigenvalue weighted by atomic mass is 32.2. The highest BCUT2D eigenvalue weighted by Crippen LogP contribution is 2.03. The summed E-state index contributed by atoms with van der Waals surface area (Å²) in [4.78, 5) is 0. The van der Waals surface area contributed by atoms with Crippen LogP contribution >= 0.6 is 0 Å². The van der Waals surface area contributed by atoms with E-state index in [2.05, 4.69) is 15.3 Å². The van der Waals surface area contributed by atoms with Gasteiger partial charge < -0.3 is 4.55 Å². The van der Waals surface area contributed by atoms with E-state index in [0.29, 0.717) is 5.82 Å². The lowest BCUT2D eigenvalue weighted by Gasteiger charge is -1.98. The lowest BCUT2D eigenvalue weighted by molar-refractivity contribution is 0.558. The van der Waals surface area contributed by atoms with Gasteiger partial charge in [0, 0.05) is 12.4 Å². The van der Waals surface area contributed by atoms with E-state index in [1.807, 2.05) is 0 Å². The summed E-state index contributed by atoms with van der Waals surface area (Å²) >= 11 is -2.09. The molecule has 0 radical (unpaired) electrons. The van der Waals surface area contributed by atoms with Gasteiger partial charge in [-0.15, -0.1) is 10.2 Å². The van der Waals surface area contributed by atoms with E-state index in [0.717, 1.165) is 0 Å². The third-order valence-corrected chi connectivity index (χ3v) is 2.12. The lowest BCUT2D eigenvalue weighted by Crippen LogP contribution is -2.02. The van der Waals surface area contributed by atoms with Gasteiger partial charge in [0.1, 0.15) is 0 Å². The highest BCUT2D eigenvalue weighted by molar-refractivity contribution is 7.79. The molecule has 0 bridgehead atoms. The Morgan fingerprint density at radius 2 is 2.21 bits per heavy atom. The van der Waals surface area contributed by atoms with Crippen LogP contribution in [0, 0.1) is 0 Å². The summed E-state index contributed by atoms with van der Waals surface area (Å²) in [6.07, 6.45) is 3.32. The molecule has 2 aromatic rings. The molecule has 0 amide bonds. The van der Waals surface area contributed by atoms with Crippen molar-refractivity contribution in [3.63, 3.8) is 0 Å². The molecule has 0 saturated heterocycles. The van der Waals surface area contributed by atoms with Crippen LogP contribution in [0.4, 0.5) is 0 Å². The minimum atomic E-state index is -2.09. The molecule has 6 nitrogen and oxygen atoms in total. The normalized spacial score (nSPS) is 12.6. The van der Waals surface area contributed by atoms with Crippen molar-refractivity contribution < 1.29 is 8.76 Å². The van der Waals surface area contributed by atoms with Gasteiger partial charge in [-0.3, -0.25) is 0 Å². The molecule has 0 fully saturated rings. The SMILES string of the molecule is O=S(O)c1ccc(-n2cccn2)nn1. The van der Waals surface area contributed by atoms with E-state index in [1.165, 1.54) is 10.7 Å². The minimum Gasteiger partial charge on any atom is -0.301 e. The molecular weight excluding hydrogens is 204 g/mol. The molecule has 2 aromatic heterocycles. The van der Waals surface area contributed by atoms with Crippen molar-refractivity contribution in [3.8, 4) is 5.82 Å². The van der Waals surface area contributed by atoms with Crippen molar-refractivity contribution in [1.82, 2.24) is 20.0 Å². The molecule has 0 aliphatic rings. The quantitative estimate of drug-likeness (QED) is 0.718. The van der Waals surface area contributed by atoms with Crippen LogP contribution in [-0.4, -0.2) is 28.7 Å². The second-order valence-corrected chi connectivity index (χ2v) is 3.35. The van der Waals surface area contributed by atoms with Gasteiger partial charge in [-0.2, -0.15) is 5.10 Å². The third-order valence-electron chi connectivity index (χ3n) is 1.54. The zero-order chi connectivity index (χ0) is 9.97. The van der Waals surface area contributed by atoms with Gasteiger partial charge in [-0.05, 0) is 18.2 Å². The fourth-order valence-corrected chi connectivity index (χ4v) is 1.23. The van der Waals surface area contributed by atoms with Gasteiger partial charge in [0.25, 0.3) is 0 Å². The summed E-state index contributed by atoms with van der Waals surface area (Å²) in [5, 5.41) is 11.3. The average Bonchev–Trinajstić information content (AvgIpc) is 2.71. The molecule has 0 spiro atoms. The molecule has 0 aliphatic carbocycles. The first-order valence-corrected chi connectivity index (χ1v) is 4.82. The van der Waals surface area contributed by atoms with Gasteiger partial charge in [-0.25, -0.2) is 8.89 Å². The van der Waals surface area contributed by atoms with Crippen LogP contribution in [0.15, 0.2) is 35.6 Å². The van der Waals surface area contributed by atoms with E-state index in [9.17, 15) is 4.21 Å². The van der Waals surface area contributed by atoms with E-state index < -0.39 is 11.1 Å². The van der Waals surface area contributed by atoms with Gasteiger partial charge in [-0.1, -0.05) is 0 Å². The summed E-state index contributed by atoms with van der Waals surface area (Å²) < 4.78 is 20.8. The van der Waals surface area contributed by atoms with Crippen LogP contribution in [0.3, 0.4) is 0 Å². The fraction of sp³-hybridized carbons (Fsp3) is 0. The minimum absolute atomic E-state index is 0.0286. The summed E-state index contributed by atoms with van der Waals surface area (Å²) in [6, 6.07) is 4.75. The molecule has 72 valence electrons. The Morgan fingerprint density at radius 3 is 2.71 bits per heavy atom. The standard InChI is InChI=1S/C7H6N4O2S/c12-14(13)7-3-2-6(9-10-7)11-5-1-4-8-11/h1-5H,(H,12,13). The van der Waals surface area contributed by atoms with Gasteiger partial charge in [0.2, 0.25) is 11.1 Å². The van der Waals surface area contributed by atoms with Crippen LogP contribution in [0.5, 0.6) is 0 Å². The average molecular weight is 210 g/mol. The van der Waals surface area contributed by atoms with Gasteiger partial charge in [0.15, 0.2) is 10.8 Å². The van der Waals surface area contributed by atoms with E-state index in [-0.39, 0.29) is 5.03 Å². The lowest BCUT2D eigenvalue weighted by atomic mass is 10.5. The van der Waals surface area contributed by atoms with Crippen molar-refractivity contribution in [2.45, 2.75) is 5.03 Å². The van der Waals surface area contributed by atoms with Crippen molar-refractivity contribution in [2.75, 3.05) is 0 Å². The molecular formula is C7H6N4O2S. The zero-order valence-corrected chi connectivity index (χ0v) is 7.76. The summed E-state index contributed by atoms with van der Waals surface area (Å²) in [6.45, 7) is 0. The first-order valence-electron chi connectivity index (χ1n) is 3.72. The number of aromatic nitrogens is 4. The predicted octanol–water partition coefficient (Wildman–Crippen LogP) is 0.243. The Kier molecular flexibility index (Phi) is 2.33. The van der Waals surface area contributed by atoms with Crippen LogP contribution in [0.2, 0.25) is 0 Å². The molecule has 0 saturated carbocycles. The Morgan fingerprint density at radius 1 is 1.36 bits per heavy atom.